The smallest absolute Gasteiger partial charge is 0.258 e. The lowest BCUT2D eigenvalue weighted by atomic mass is 10.0. The van der Waals surface area contributed by atoms with Crippen LogP contribution in [0.25, 0.3) is 0 Å². The third-order valence-corrected chi connectivity index (χ3v) is 5.54. The molecule has 0 radical (unpaired) electrons. The number of halogens is 2. The Balaban J connectivity index is 0.00000300. The van der Waals surface area contributed by atoms with Crippen LogP contribution in [0.1, 0.15) is 42.9 Å². The zero-order valence-corrected chi connectivity index (χ0v) is 18.5. The summed E-state index contributed by atoms with van der Waals surface area (Å²) in [5, 5.41) is 3.57. The standard InChI is InChI=1S/C23H29ClN2O2.ClH/c1-18-10-12-19(13-11-18)21(26-14-6-2-3-7-15-26)16-25-23(27)17-28-22-9-5-4-8-20(22)24;/h4-5,8-13,21H,2-3,6-7,14-17H2,1H3,(H,25,27);1H. The normalized spacial score (nSPS) is 15.7. The first kappa shape index (κ1) is 23.5. The number of aryl methyl sites for hydroxylation is 1. The summed E-state index contributed by atoms with van der Waals surface area (Å²) in [4.78, 5) is 14.9. The highest BCUT2D eigenvalue weighted by molar-refractivity contribution is 6.32. The number of amides is 1. The molecule has 1 aliphatic heterocycles. The molecule has 158 valence electrons. The molecule has 1 heterocycles. The number of carbonyl (C=O) groups excluding carboxylic acids is 1. The van der Waals surface area contributed by atoms with Crippen molar-refractivity contribution in [3.05, 3.63) is 64.7 Å². The molecular weight excluding hydrogens is 407 g/mol. The number of hydrogen-bond donors (Lipinski definition) is 1. The van der Waals surface area contributed by atoms with Gasteiger partial charge in [-0.15, -0.1) is 12.4 Å². The number of rotatable bonds is 7. The fourth-order valence-electron chi connectivity index (χ4n) is 3.62. The van der Waals surface area contributed by atoms with Crippen molar-refractivity contribution in [3.8, 4) is 5.75 Å². The number of benzene rings is 2. The molecule has 1 N–H and O–H groups in total. The molecule has 29 heavy (non-hydrogen) atoms. The van der Waals surface area contributed by atoms with Gasteiger partial charge in [0.15, 0.2) is 6.61 Å². The minimum absolute atomic E-state index is 0. The molecule has 0 aliphatic carbocycles. The fourth-order valence-corrected chi connectivity index (χ4v) is 3.81. The predicted molar refractivity (Wildman–Crippen MR) is 121 cm³/mol. The molecule has 0 saturated carbocycles. The van der Waals surface area contributed by atoms with Crippen molar-refractivity contribution in [1.29, 1.82) is 0 Å². The number of nitrogens with zero attached hydrogens (tertiary/aromatic N) is 1. The summed E-state index contributed by atoms with van der Waals surface area (Å²) in [6.07, 6.45) is 5.00. The third-order valence-electron chi connectivity index (χ3n) is 5.23. The predicted octanol–water partition coefficient (Wildman–Crippen LogP) is 5.18. The maximum absolute atomic E-state index is 12.4. The first-order valence-electron chi connectivity index (χ1n) is 10.1. The number of hydrogen-bond acceptors (Lipinski definition) is 3. The quantitative estimate of drug-likeness (QED) is 0.649. The van der Waals surface area contributed by atoms with E-state index >= 15 is 0 Å². The van der Waals surface area contributed by atoms with Crippen LogP contribution in [0.2, 0.25) is 5.02 Å². The van der Waals surface area contributed by atoms with Gasteiger partial charge in [0.25, 0.3) is 5.91 Å². The van der Waals surface area contributed by atoms with Gasteiger partial charge in [-0.05, 0) is 50.6 Å². The van der Waals surface area contributed by atoms with Gasteiger partial charge in [-0.1, -0.05) is 66.4 Å². The maximum atomic E-state index is 12.4. The van der Waals surface area contributed by atoms with Gasteiger partial charge < -0.3 is 10.1 Å². The van der Waals surface area contributed by atoms with Crippen LogP contribution in [0.3, 0.4) is 0 Å². The zero-order valence-electron chi connectivity index (χ0n) is 16.9. The fraction of sp³-hybridized carbons (Fsp3) is 0.435. The van der Waals surface area contributed by atoms with Gasteiger partial charge in [0, 0.05) is 6.54 Å². The number of ether oxygens (including phenoxy) is 1. The molecule has 0 spiro atoms. The van der Waals surface area contributed by atoms with Crippen molar-refractivity contribution in [3.63, 3.8) is 0 Å². The van der Waals surface area contributed by atoms with Crippen molar-refractivity contribution in [2.45, 2.75) is 38.6 Å². The molecule has 0 aromatic heterocycles. The number of nitrogens with one attached hydrogen (secondary N) is 1. The Bertz CT molecular complexity index is 760. The molecule has 1 fully saturated rings. The summed E-state index contributed by atoms with van der Waals surface area (Å²) < 4.78 is 5.56. The Hall–Kier alpha value is -1.75. The second-order valence-corrected chi connectivity index (χ2v) is 7.81. The molecule has 1 amide bonds. The average molecular weight is 437 g/mol. The summed E-state index contributed by atoms with van der Waals surface area (Å²) in [6.45, 7) is 4.78. The highest BCUT2D eigenvalue weighted by Crippen LogP contribution is 2.25. The van der Waals surface area contributed by atoms with Crippen LogP contribution in [0.5, 0.6) is 5.75 Å². The number of likely N-dealkylation sites (tertiary alicyclic amines) is 1. The highest BCUT2D eigenvalue weighted by atomic mass is 35.5. The van der Waals surface area contributed by atoms with E-state index in [0.717, 1.165) is 13.1 Å². The van der Waals surface area contributed by atoms with Crippen molar-refractivity contribution in [2.75, 3.05) is 26.2 Å². The SMILES string of the molecule is Cc1ccc(C(CNC(=O)COc2ccccc2Cl)N2CCCCCC2)cc1.Cl. The van der Waals surface area contributed by atoms with Crippen LogP contribution in [-0.2, 0) is 4.79 Å². The van der Waals surface area contributed by atoms with Crippen molar-refractivity contribution >= 4 is 29.9 Å². The summed E-state index contributed by atoms with van der Waals surface area (Å²) in [5.41, 5.74) is 2.50. The van der Waals surface area contributed by atoms with Crippen LogP contribution in [0, 0.1) is 6.92 Å². The van der Waals surface area contributed by atoms with E-state index in [2.05, 4.69) is 41.4 Å². The van der Waals surface area contributed by atoms with Crippen LogP contribution in [0.15, 0.2) is 48.5 Å². The Kier molecular flexibility index (Phi) is 9.79. The van der Waals surface area contributed by atoms with E-state index in [1.807, 2.05) is 12.1 Å². The van der Waals surface area contributed by atoms with Gasteiger partial charge in [0.2, 0.25) is 0 Å². The van der Waals surface area contributed by atoms with Crippen molar-refractivity contribution < 1.29 is 9.53 Å². The van der Waals surface area contributed by atoms with E-state index in [9.17, 15) is 4.79 Å². The Morgan fingerprint density at radius 1 is 1.07 bits per heavy atom. The lowest BCUT2D eigenvalue weighted by Crippen LogP contribution is -2.40. The second-order valence-electron chi connectivity index (χ2n) is 7.40. The molecule has 2 aromatic carbocycles. The van der Waals surface area contributed by atoms with Gasteiger partial charge in [-0.2, -0.15) is 0 Å². The van der Waals surface area contributed by atoms with E-state index < -0.39 is 0 Å². The minimum atomic E-state index is -0.133. The van der Waals surface area contributed by atoms with E-state index in [0.29, 0.717) is 17.3 Å². The van der Waals surface area contributed by atoms with Gasteiger partial charge >= 0.3 is 0 Å². The molecule has 2 aromatic rings. The maximum Gasteiger partial charge on any atom is 0.258 e. The van der Waals surface area contributed by atoms with Crippen LogP contribution in [-0.4, -0.2) is 37.0 Å². The lowest BCUT2D eigenvalue weighted by Gasteiger charge is -2.31. The van der Waals surface area contributed by atoms with Crippen LogP contribution < -0.4 is 10.1 Å². The van der Waals surface area contributed by atoms with E-state index in [-0.39, 0.29) is 31.0 Å². The van der Waals surface area contributed by atoms with Gasteiger partial charge in [-0.3, -0.25) is 9.69 Å². The summed E-state index contributed by atoms with van der Waals surface area (Å²) in [6, 6.07) is 16.0. The Morgan fingerprint density at radius 2 is 1.72 bits per heavy atom. The van der Waals surface area contributed by atoms with Gasteiger partial charge in [0.05, 0.1) is 11.1 Å². The monoisotopic (exact) mass is 436 g/mol. The molecule has 4 nitrogen and oxygen atoms in total. The summed E-state index contributed by atoms with van der Waals surface area (Å²) >= 11 is 6.08. The molecule has 1 atom stereocenters. The van der Waals surface area contributed by atoms with Crippen LogP contribution >= 0.6 is 24.0 Å². The first-order chi connectivity index (χ1) is 13.6. The molecule has 0 bridgehead atoms. The molecule has 1 unspecified atom stereocenters. The van der Waals surface area contributed by atoms with E-state index in [4.69, 9.17) is 16.3 Å². The van der Waals surface area contributed by atoms with E-state index in [1.54, 1.807) is 12.1 Å². The lowest BCUT2D eigenvalue weighted by molar-refractivity contribution is -0.123. The highest BCUT2D eigenvalue weighted by Gasteiger charge is 2.22. The topological polar surface area (TPSA) is 41.6 Å². The summed E-state index contributed by atoms with van der Waals surface area (Å²) in [5.74, 6) is 0.397. The minimum Gasteiger partial charge on any atom is -0.482 e. The zero-order chi connectivity index (χ0) is 19.8. The van der Waals surface area contributed by atoms with E-state index in [1.165, 1.54) is 36.8 Å². The molecule has 1 saturated heterocycles. The Morgan fingerprint density at radius 3 is 2.38 bits per heavy atom. The molecule has 6 heteroatoms. The third kappa shape index (κ3) is 7.22. The van der Waals surface area contributed by atoms with Crippen LogP contribution in [0.4, 0.5) is 0 Å². The van der Waals surface area contributed by atoms with Crippen molar-refractivity contribution in [1.82, 2.24) is 10.2 Å². The molecular formula is C23H30Cl2N2O2. The molecule has 3 rings (SSSR count). The van der Waals surface area contributed by atoms with Crippen molar-refractivity contribution in [2.24, 2.45) is 0 Å². The Labute approximate surface area is 185 Å². The first-order valence-corrected chi connectivity index (χ1v) is 10.5. The number of carbonyl (C=O) groups is 1. The largest absolute Gasteiger partial charge is 0.482 e. The number of para-hydroxylation sites is 1. The second kappa shape index (κ2) is 12.1. The average Bonchev–Trinajstić information content (AvgIpc) is 2.98. The molecule has 1 aliphatic rings. The van der Waals surface area contributed by atoms with Gasteiger partial charge in [-0.25, -0.2) is 0 Å². The van der Waals surface area contributed by atoms with Gasteiger partial charge in [0.1, 0.15) is 5.75 Å². The summed E-state index contributed by atoms with van der Waals surface area (Å²) in [7, 11) is 0.